The number of sulfonamides is 1. The predicted molar refractivity (Wildman–Crippen MR) is 127 cm³/mol. The third-order valence-electron chi connectivity index (χ3n) is 4.57. The van der Waals surface area contributed by atoms with Gasteiger partial charge in [-0.3, -0.25) is 9.10 Å². The molecule has 0 spiro atoms. The summed E-state index contributed by atoms with van der Waals surface area (Å²) in [6, 6.07) is 13.0. The molecule has 31 heavy (non-hydrogen) atoms. The molecule has 0 aliphatic heterocycles. The standard InChI is InChI=1S/C23H30ClN3O3S/c1-6-14-27(19-10-8-7-9-11-19)31(29,30)21-15-18(12-13-20(21)24)22(28)25-16-23(2,3)17-26(4)5/h6-13,15H,1,14,16-17H2,2-5H3,(H,25,28). The Morgan fingerprint density at radius 1 is 1.16 bits per heavy atom. The molecule has 0 fully saturated rings. The van der Waals surface area contributed by atoms with Crippen molar-refractivity contribution in [1.29, 1.82) is 0 Å². The van der Waals surface area contributed by atoms with Crippen LogP contribution in [-0.4, -0.2) is 53.0 Å². The topological polar surface area (TPSA) is 69.7 Å². The first-order chi connectivity index (χ1) is 14.5. The number of amides is 1. The zero-order valence-corrected chi connectivity index (χ0v) is 20.0. The first-order valence-corrected chi connectivity index (χ1v) is 11.7. The first-order valence-electron chi connectivity index (χ1n) is 9.89. The molecule has 0 unspecified atom stereocenters. The molecule has 2 aromatic carbocycles. The van der Waals surface area contributed by atoms with Gasteiger partial charge in [0.1, 0.15) is 4.90 Å². The number of carbonyl (C=O) groups is 1. The van der Waals surface area contributed by atoms with Gasteiger partial charge < -0.3 is 10.2 Å². The Kier molecular flexibility index (Phi) is 8.28. The molecule has 0 atom stereocenters. The second-order valence-electron chi connectivity index (χ2n) is 8.39. The number of nitrogens with one attached hydrogen (secondary N) is 1. The maximum absolute atomic E-state index is 13.4. The highest BCUT2D eigenvalue weighted by Gasteiger charge is 2.28. The van der Waals surface area contributed by atoms with E-state index in [0.717, 1.165) is 6.54 Å². The number of hydrogen-bond acceptors (Lipinski definition) is 4. The van der Waals surface area contributed by atoms with Crippen LogP contribution in [0, 0.1) is 5.41 Å². The van der Waals surface area contributed by atoms with Gasteiger partial charge in [0.2, 0.25) is 0 Å². The van der Waals surface area contributed by atoms with Crippen molar-refractivity contribution in [3.63, 3.8) is 0 Å². The van der Waals surface area contributed by atoms with Gasteiger partial charge in [-0.1, -0.05) is 49.7 Å². The molecule has 0 saturated carbocycles. The fourth-order valence-corrected chi connectivity index (χ4v) is 5.29. The molecule has 1 amide bonds. The summed E-state index contributed by atoms with van der Waals surface area (Å²) in [6.45, 7) is 9.08. The summed E-state index contributed by atoms with van der Waals surface area (Å²) < 4.78 is 28.0. The van der Waals surface area contributed by atoms with Crippen molar-refractivity contribution in [2.75, 3.05) is 38.0 Å². The smallest absolute Gasteiger partial charge is 0.266 e. The van der Waals surface area contributed by atoms with E-state index in [9.17, 15) is 13.2 Å². The third-order valence-corrected chi connectivity index (χ3v) is 6.85. The van der Waals surface area contributed by atoms with Crippen LogP contribution in [0.25, 0.3) is 0 Å². The largest absolute Gasteiger partial charge is 0.351 e. The maximum atomic E-state index is 13.4. The molecule has 0 aliphatic carbocycles. The highest BCUT2D eigenvalue weighted by Crippen LogP contribution is 2.29. The number of carbonyl (C=O) groups excluding carboxylic acids is 1. The van der Waals surface area contributed by atoms with Gasteiger partial charge in [0.25, 0.3) is 15.9 Å². The molecular formula is C23H30ClN3O3S. The van der Waals surface area contributed by atoms with Crippen LogP contribution >= 0.6 is 11.6 Å². The van der Waals surface area contributed by atoms with E-state index in [-0.39, 0.29) is 33.3 Å². The highest BCUT2D eigenvalue weighted by molar-refractivity contribution is 7.93. The van der Waals surface area contributed by atoms with E-state index >= 15 is 0 Å². The minimum absolute atomic E-state index is 0.0504. The zero-order chi connectivity index (χ0) is 23.2. The van der Waals surface area contributed by atoms with E-state index in [1.165, 1.54) is 28.6 Å². The van der Waals surface area contributed by atoms with Crippen LogP contribution in [0.15, 0.2) is 66.1 Å². The Balaban J connectivity index is 2.34. The van der Waals surface area contributed by atoms with Crippen molar-refractivity contribution in [2.45, 2.75) is 18.7 Å². The Hall–Kier alpha value is -2.35. The number of anilines is 1. The van der Waals surface area contributed by atoms with Crippen LogP contribution in [0.3, 0.4) is 0 Å². The minimum atomic E-state index is -4.02. The Morgan fingerprint density at radius 2 is 1.81 bits per heavy atom. The van der Waals surface area contributed by atoms with Gasteiger partial charge in [-0.2, -0.15) is 0 Å². The molecule has 6 nitrogen and oxygen atoms in total. The minimum Gasteiger partial charge on any atom is -0.351 e. The van der Waals surface area contributed by atoms with Crippen molar-refractivity contribution in [1.82, 2.24) is 10.2 Å². The van der Waals surface area contributed by atoms with Gasteiger partial charge in [0.15, 0.2) is 0 Å². The molecule has 0 saturated heterocycles. The maximum Gasteiger partial charge on any atom is 0.266 e. The molecule has 168 valence electrons. The quantitative estimate of drug-likeness (QED) is 0.540. The molecule has 8 heteroatoms. The number of benzene rings is 2. The summed E-state index contributed by atoms with van der Waals surface area (Å²) in [5.41, 5.74) is 0.572. The van der Waals surface area contributed by atoms with Gasteiger partial charge in [-0.25, -0.2) is 8.42 Å². The molecule has 2 aromatic rings. The normalized spacial score (nSPS) is 11.9. The van der Waals surface area contributed by atoms with Crippen LogP contribution < -0.4 is 9.62 Å². The van der Waals surface area contributed by atoms with E-state index in [4.69, 9.17) is 11.6 Å². The van der Waals surface area contributed by atoms with E-state index in [0.29, 0.717) is 12.2 Å². The van der Waals surface area contributed by atoms with Crippen molar-refractivity contribution >= 4 is 33.2 Å². The Morgan fingerprint density at radius 3 is 2.39 bits per heavy atom. The van der Waals surface area contributed by atoms with Crippen LogP contribution in [0.5, 0.6) is 0 Å². The fourth-order valence-electron chi connectivity index (χ4n) is 3.35. The summed E-state index contributed by atoms with van der Waals surface area (Å²) >= 11 is 6.26. The van der Waals surface area contributed by atoms with Crippen molar-refractivity contribution in [3.8, 4) is 0 Å². The molecule has 0 bridgehead atoms. The van der Waals surface area contributed by atoms with Crippen LogP contribution in [0.4, 0.5) is 5.69 Å². The second kappa shape index (κ2) is 10.3. The highest BCUT2D eigenvalue weighted by atomic mass is 35.5. The van der Waals surface area contributed by atoms with E-state index < -0.39 is 10.0 Å². The molecule has 0 heterocycles. The lowest BCUT2D eigenvalue weighted by Gasteiger charge is -2.28. The number of nitrogens with zero attached hydrogens (tertiary/aromatic N) is 2. The van der Waals surface area contributed by atoms with Gasteiger partial charge >= 0.3 is 0 Å². The summed E-state index contributed by atoms with van der Waals surface area (Å²) in [5, 5.41) is 2.95. The number of para-hydroxylation sites is 1. The summed E-state index contributed by atoms with van der Waals surface area (Å²) in [5.74, 6) is -0.352. The van der Waals surface area contributed by atoms with Gasteiger partial charge in [-0.05, 0) is 49.8 Å². The third kappa shape index (κ3) is 6.56. The Labute approximate surface area is 190 Å². The molecule has 0 aliphatic rings. The number of rotatable bonds is 10. The lowest BCUT2D eigenvalue weighted by molar-refractivity contribution is 0.0929. The van der Waals surface area contributed by atoms with Crippen LogP contribution in [0.2, 0.25) is 5.02 Å². The van der Waals surface area contributed by atoms with Gasteiger partial charge in [0, 0.05) is 18.7 Å². The van der Waals surface area contributed by atoms with E-state index in [1.54, 1.807) is 30.3 Å². The Bertz CT molecular complexity index is 1020. The molecule has 0 aromatic heterocycles. The lowest BCUT2D eigenvalue weighted by atomic mass is 9.93. The monoisotopic (exact) mass is 463 g/mol. The average Bonchev–Trinajstić information content (AvgIpc) is 2.70. The van der Waals surface area contributed by atoms with Gasteiger partial charge in [0.05, 0.1) is 17.3 Å². The fraction of sp³-hybridized carbons (Fsp3) is 0.348. The molecule has 1 N–H and O–H groups in total. The zero-order valence-electron chi connectivity index (χ0n) is 18.4. The van der Waals surface area contributed by atoms with E-state index in [1.807, 2.05) is 14.1 Å². The summed E-state index contributed by atoms with van der Waals surface area (Å²) in [7, 11) is -0.0710. The second-order valence-corrected chi connectivity index (χ2v) is 10.6. The average molecular weight is 464 g/mol. The van der Waals surface area contributed by atoms with Gasteiger partial charge in [-0.15, -0.1) is 6.58 Å². The number of hydrogen-bond donors (Lipinski definition) is 1. The van der Waals surface area contributed by atoms with Crippen molar-refractivity contribution in [2.24, 2.45) is 5.41 Å². The summed E-state index contributed by atoms with van der Waals surface area (Å²) in [6.07, 6.45) is 1.50. The SMILES string of the molecule is C=CCN(c1ccccc1)S(=O)(=O)c1cc(C(=O)NCC(C)(C)CN(C)C)ccc1Cl. The number of halogens is 1. The first kappa shape index (κ1) is 24.9. The van der Waals surface area contributed by atoms with E-state index in [2.05, 4.69) is 30.6 Å². The van der Waals surface area contributed by atoms with Crippen molar-refractivity contribution < 1.29 is 13.2 Å². The lowest BCUT2D eigenvalue weighted by Crippen LogP contribution is -2.40. The molecule has 2 rings (SSSR count). The van der Waals surface area contributed by atoms with Crippen molar-refractivity contribution in [3.05, 3.63) is 71.8 Å². The predicted octanol–water partition coefficient (Wildman–Crippen LogP) is 4.04. The summed E-state index contributed by atoms with van der Waals surface area (Å²) in [4.78, 5) is 14.7. The molecule has 0 radical (unpaired) electrons. The van der Waals surface area contributed by atoms with Crippen LogP contribution in [-0.2, 0) is 10.0 Å². The molecular weight excluding hydrogens is 434 g/mol. The van der Waals surface area contributed by atoms with Crippen LogP contribution in [0.1, 0.15) is 24.2 Å².